The third-order valence-electron chi connectivity index (χ3n) is 6.67. The van der Waals surface area contributed by atoms with Crippen LogP contribution in [0.5, 0.6) is 5.75 Å². The van der Waals surface area contributed by atoms with E-state index in [-0.39, 0.29) is 22.6 Å². The number of hydrogen-bond acceptors (Lipinski definition) is 5. The minimum absolute atomic E-state index is 0.0448. The molecular formula is C22H23FN2O5S. The second kappa shape index (κ2) is 7.12. The third kappa shape index (κ3) is 3.13. The van der Waals surface area contributed by atoms with Gasteiger partial charge in [-0.1, -0.05) is 0 Å². The van der Waals surface area contributed by atoms with Crippen LogP contribution in [0.15, 0.2) is 35.2 Å². The summed E-state index contributed by atoms with van der Waals surface area (Å²) in [5.41, 5.74) is 2.24. The predicted molar refractivity (Wildman–Crippen MR) is 113 cm³/mol. The summed E-state index contributed by atoms with van der Waals surface area (Å²) in [6.45, 7) is 1.34. The van der Waals surface area contributed by atoms with Crippen molar-refractivity contribution in [2.45, 2.75) is 29.7 Å². The summed E-state index contributed by atoms with van der Waals surface area (Å²) in [5.74, 6) is -0.222. The Bertz CT molecular complexity index is 1180. The molecule has 0 aliphatic carbocycles. The van der Waals surface area contributed by atoms with Gasteiger partial charge in [-0.15, -0.1) is 0 Å². The van der Waals surface area contributed by atoms with Crippen molar-refractivity contribution in [3.05, 3.63) is 41.7 Å². The predicted octanol–water partition coefficient (Wildman–Crippen LogP) is 3.33. The first kappa shape index (κ1) is 20.1. The van der Waals surface area contributed by atoms with Gasteiger partial charge in [0.05, 0.1) is 23.4 Å². The van der Waals surface area contributed by atoms with Crippen LogP contribution < -0.4 is 9.64 Å². The van der Waals surface area contributed by atoms with E-state index >= 15 is 0 Å². The second-order valence-electron chi connectivity index (χ2n) is 8.31. The zero-order chi connectivity index (χ0) is 21.9. The minimum atomic E-state index is -3.54. The number of anilines is 1. The Labute approximate surface area is 180 Å². The van der Waals surface area contributed by atoms with Crippen molar-refractivity contribution in [1.29, 1.82) is 0 Å². The van der Waals surface area contributed by atoms with Gasteiger partial charge in [0.15, 0.2) is 9.84 Å². The largest absolute Gasteiger partial charge is 0.497 e. The van der Waals surface area contributed by atoms with Crippen molar-refractivity contribution >= 4 is 21.6 Å². The lowest BCUT2D eigenvalue weighted by molar-refractivity contribution is 0.127. The molecule has 31 heavy (non-hydrogen) atoms. The van der Waals surface area contributed by atoms with Crippen molar-refractivity contribution in [3.8, 4) is 16.9 Å². The van der Waals surface area contributed by atoms with Gasteiger partial charge in [-0.25, -0.2) is 17.6 Å². The Hall–Kier alpha value is -2.81. The quantitative estimate of drug-likeness (QED) is 0.762. The summed E-state index contributed by atoms with van der Waals surface area (Å²) in [4.78, 5) is 15.3. The zero-order valence-corrected chi connectivity index (χ0v) is 17.9. The molecule has 3 aliphatic heterocycles. The number of carboxylic acid groups (broad SMARTS) is 1. The minimum Gasteiger partial charge on any atom is -0.497 e. The summed E-state index contributed by atoms with van der Waals surface area (Å²) in [5, 5.41) is 9.50. The van der Waals surface area contributed by atoms with Crippen molar-refractivity contribution < 1.29 is 27.4 Å². The molecule has 9 heteroatoms. The summed E-state index contributed by atoms with van der Waals surface area (Å²) in [6, 6.07) is 7.96. The van der Waals surface area contributed by atoms with Crippen LogP contribution in [0.4, 0.5) is 14.9 Å². The number of nitrogens with zero attached hydrogens (tertiary/aromatic N) is 2. The molecule has 164 valence electrons. The van der Waals surface area contributed by atoms with Crippen LogP contribution in [0, 0.1) is 5.82 Å². The Morgan fingerprint density at radius 3 is 2.74 bits per heavy atom. The van der Waals surface area contributed by atoms with Gasteiger partial charge in [0, 0.05) is 43.2 Å². The summed E-state index contributed by atoms with van der Waals surface area (Å²) in [7, 11) is -2.09. The molecule has 0 saturated carbocycles. The molecule has 2 atom stereocenters. The standard InChI is InChI=1S/C22H23FN2O5S/c1-30-14-3-4-15(18(23)11-14)13-9-16-17-12-24(22(26)27)7-5-19(17)25-6-2-8-31(28,29)20(10-13)21(16)25/h3-4,9-11,17,19H,2,5-8,12H2,1H3,(H,26,27)/t17-,19-/m0/s1. The number of carbonyl (C=O) groups is 1. The molecule has 2 aromatic rings. The molecular weight excluding hydrogens is 423 g/mol. The number of sulfone groups is 1. The molecule has 3 aliphatic rings. The first-order valence-corrected chi connectivity index (χ1v) is 11.9. The first-order valence-electron chi connectivity index (χ1n) is 10.3. The Balaban J connectivity index is 1.71. The van der Waals surface area contributed by atoms with Gasteiger partial charge in [-0.3, -0.25) is 0 Å². The highest BCUT2D eigenvalue weighted by atomic mass is 32.2. The van der Waals surface area contributed by atoms with Crippen LogP contribution in [0.2, 0.25) is 0 Å². The van der Waals surface area contributed by atoms with E-state index < -0.39 is 21.7 Å². The molecule has 0 spiro atoms. The number of ether oxygens (including phenoxy) is 1. The molecule has 0 radical (unpaired) electrons. The fraction of sp³-hybridized carbons (Fsp3) is 0.409. The summed E-state index contributed by atoms with van der Waals surface area (Å²) >= 11 is 0. The maximum Gasteiger partial charge on any atom is 0.407 e. The number of amides is 1. The highest BCUT2D eigenvalue weighted by Crippen LogP contribution is 2.50. The molecule has 0 unspecified atom stereocenters. The monoisotopic (exact) mass is 446 g/mol. The fourth-order valence-electron chi connectivity index (χ4n) is 5.24. The van der Waals surface area contributed by atoms with Crippen LogP contribution in [-0.2, 0) is 9.84 Å². The molecule has 2 aromatic carbocycles. The third-order valence-corrected chi connectivity index (χ3v) is 8.48. The summed E-state index contributed by atoms with van der Waals surface area (Å²) in [6.07, 6.45) is 0.169. The van der Waals surface area contributed by atoms with Gasteiger partial charge in [0.1, 0.15) is 11.6 Å². The van der Waals surface area contributed by atoms with Crippen molar-refractivity contribution in [3.63, 3.8) is 0 Å². The number of benzene rings is 2. The van der Waals surface area contributed by atoms with Crippen LogP contribution >= 0.6 is 0 Å². The summed E-state index contributed by atoms with van der Waals surface area (Å²) < 4.78 is 46.2. The number of likely N-dealkylation sites (tertiary alicyclic amines) is 1. The zero-order valence-electron chi connectivity index (χ0n) is 17.0. The van der Waals surface area contributed by atoms with Gasteiger partial charge in [0.2, 0.25) is 0 Å². The Morgan fingerprint density at radius 1 is 1.23 bits per heavy atom. The maximum absolute atomic E-state index is 14.8. The maximum atomic E-state index is 14.8. The second-order valence-corrected chi connectivity index (χ2v) is 10.4. The van der Waals surface area contributed by atoms with E-state index in [4.69, 9.17) is 4.74 Å². The Kier molecular flexibility index (Phi) is 4.62. The van der Waals surface area contributed by atoms with Crippen LogP contribution in [-0.4, -0.2) is 63.1 Å². The molecule has 1 N–H and O–H groups in total. The smallest absolute Gasteiger partial charge is 0.407 e. The SMILES string of the molecule is COc1ccc(-c2cc3c4c(c2)S(=O)(=O)CCCN4[C@H]2CCN(C(=O)O)C[C@@H]32)c(F)c1. The van der Waals surface area contributed by atoms with Gasteiger partial charge < -0.3 is 19.6 Å². The number of methoxy groups -OCH3 is 1. The number of piperidine rings is 1. The Morgan fingerprint density at radius 2 is 2.03 bits per heavy atom. The van der Waals surface area contributed by atoms with E-state index in [2.05, 4.69) is 4.90 Å². The van der Waals surface area contributed by atoms with Gasteiger partial charge in [-0.05, 0) is 48.2 Å². The molecule has 1 fully saturated rings. The molecule has 7 nitrogen and oxygen atoms in total. The van der Waals surface area contributed by atoms with Gasteiger partial charge in [0.25, 0.3) is 0 Å². The molecule has 1 saturated heterocycles. The van der Waals surface area contributed by atoms with Crippen molar-refractivity contribution in [2.24, 2.45) is 0 Å². The number of halogens is 1. The molecule has 5 rings (SSSR count). The van der Waals surface area contributed by atoms with Gasteiger partial charge >= 0.3 is 6.09 Å². The van der Waals surface area contributed by atoms with Crippen LogP contribution in [0.3, 0.4) is 0 Å². The molecule has 0 aromatic heterocycles. The van der Waals surface area contributed by atoms with Crippen LogP contribution in [0.25, 0.3) is 11.1 Å². The van der Waals surface area contributed by atoms with Crippen molar-refractivity contribution in [1.82, 2.24) is 4.90 Å². The number of fused-ring (bicyclic) bond motifs is 3. The lowest BCUT2D eigenvalue weighted by Crippen LogP contribution is -2.48. The van der Waals surface area contributed by atoms with E-state index in [1.54, 1.807) is 18.2 Å². The van der Waals surface area contributed by atoms with E-state index in [1.165, 1.54) is 18.1 Å². The lowest BCUT2D eigenvalue weighted by Gasteiger charge is -2.37. The number of rotatable bonds is 2. The highest BCUT2D eigenvalue weighted by Gasteiger charge is 2.46. The van der Waals surface area contributed by atoms with E-state index in [0.29, 0.717) is 55.0 Å². The average Bonchev–Trinajstić information content (AvgIpc) is 2.98. The lowest BCUT2D eigenvalue weighted by atomic mass is 9.88. The highest BCUT2D eigenvalue weighted by molar-refractivity contribution is 7.91. The van der Waals surface area contributed by atoms with Crippen molar-refractivity contribution in [2.75, 3.05) is 37.4 Å². The molecule has 3 heterocycles. The van der Waals surface area contributed by atoms with E-state index in [9.17, 15) is 22.7 Å². The van der Waals surface area contributed by atoms with E-state index in [1.807, 2.05) is 6.07 Å². The van der Waals surface area contributed by atoms with Crippen LogP contribution in [0.1, 0.15) is 24.3 Å². The molecule has 1 amide bonds. The first-order chi connectivity index (χ1) is 14.8. The average molecular weight is 447 g/mol. The van der Waals surface area contributed by atoms with E-state index in [0.717, 1.165) is 5.56 Å². The topological polar surface area (TPSA) is 87.2 Å². The fourth-order valence-corrected chi connectivity index (χ4v) is 6.80. The number of hydrogen-bond donors (Lipinski definition) is 1. The molecule has 0 bridgehead atoms. The van der Waals surface area contributed by atoms with Gasteiger partial charge in [-0.2, -0.15) is 0 Å². The normalized spacial score (nSPS) is 23.7.